The first-order chi connectivity index (χ1) is 8.20. The normalized spacial score (nSPS) is 20.9. The van der Waals surface area contributed by atoms with Gasteiger partial charge in [0, 0.05) is 0 Å². The lowest BCUT2D eigenvalue weighted by Crippen LogP contribution is -2.36. The lowest BCUT2D eigenvalue weighted by atomic mass is 10.00. The second-order valence-corrected chi connectivity index (χ2v) is 5.18. The van der Waals surface area contributed by atoms with Crippen LogP contribution in [0.4, 0.5) is 4.39 Å². The second-order valence-electron chi connectivity index (χ2n) is 4.32. The smallest absolute Gasteiger partial charge is 0.182 e. The van der Waals surface area contributed by atoms with Gasteiger partial charge < -0.3 is 5.32 Å². The van der Waals surface area contributed by atoms with Crippen LogP contribution >= 0.6 is 15.9 Å². The van der Waals surface area contributed by atoms with Crippen LogP contribution < -0.4 is 5.32 Å². The van der Waals surface area contributed by atoms with Crippen LogP contribution in [0.5, 0.6) is 0 Å². The molecule has 1 saturated heterocycles. The molecule has 2 nitrogen and oxygen atoms in total. The molecule has 0 amide bonds. The van der Waals surface area contributed by atoms with Crippen molar-refractivity contribution in [2.24, 2.45) is 0 Å². The molecule has 92 valence electrons. The molecule has 0 aliphatic carbocycles. The van der Waals surface area contributed by atoms with Gasteiger partial charge in [0.05, 0.1) is 16.1 Å². The third kappa shape index (κ3) is 2.93. The number of rotatable bonds is 2. The van der Waals surface area contributed by atoms with Crippen molar-refractivity contribution in [1.82, 2.24) is 5.32 Å². The number of carbonyl (C=O) groups is 1. The third-order valence-corrected chi connectivity index (χ3v) is 3.71. The number of hydrogen-bond donors (Lipinski definition) is 1. The van der Waals surface area contributed by atoms with Crippen molar-refractivity contribution < 1.29 is 9.18 Å². The van der Waals surface area contributed by atoms with Gasteiger partial charge in [-0.05, 0) is 47.4 Å². The number of halogens is 2. The van der Waals surface area contributed by atoms with Gasteiger partial charge in [-0.2, -0.15) is 0 Å². The largest absolute Gasteiger partial charge is 0.307 e. The zero-order valence-electron chi connectivity index (χ0n) is 9.51. The van der Waals surface area contributed by atoms with Crippen LogP contribution in [0.15, 0.2) is 22.7 Å². The fourth-order valence-electron chi connectivity index (χ4n) is 2.13. The first-order valence-electron chi connectivity index (χ1n) is 5.92. The molecule has 0 radical (unpaired) electrons. The third-order valence-electron chi connectivity index (χ3n) is 3.09. The number of nitrogens with one attached hydrogen (secondary N) is 1. The van der Waals surface area contributed by atoms with E-state index in [4.69, 9.17) is 0 Å². The first kappa shape index (κ1) is 12.7. The summed E-state index contributed by atoms with van der Waals surface area (Å²) in [5, 5.41) is 3.20. The Balaban J connectivity index is 2.20. The first-order valence-corrected chi connectivity index (χ1v) is 6.71. The summed E-state index contributed by atoms with van der Waals surface area (Å²) in [5.74, 6) is -0.589. The standard InChI is InChI=1S/C13H15BrFNO/c14-10-6-4-5-9(12(10)15)13(17)11-7-2-1-3-8-16-11/h4-6,11,16H,1-3,7-8H2. The van der Waals surface area contributed by atoms with Gasteiger partial charge in [-0.1, -0.05) is 18.9 Å². The number of carbonyl (C=O) groups excluding carboxylic acids is 1. The molecule has 2 rings (SSSR count). The second kappa shape index (κ2) is 5.74. The van der Waals surface area contributed by atoms with E-state index in [0.29, 0.717) is 4.47 Å². The van der Waals surface area contributed by atoms with Gasteiger partial charge in [0.15, 0.2) is 5.78 Å². The van der Waals surface area contributed by atoms with Crippen LogP contribution in [0.25, 0.3) is 0 Å². The Morgan fingerprint density at radius 3 is 3.00 bits per heavy atom. The van der Waals surface area contributed by atoms with E-state index in [1.807, 2.05) is 0 Å². The lowest BCUT2D eigenvalue weighted by molar-refractivity contribution is 0.0936. The van der Waals surface area contributed by atoms with Crippen LogP contribution in [0.3, 0.4) is 0 Å². The quantitative estimate of drug-likeness (QED) is 0.849. The van der Waals surface area contributed by atoms with E-state index in [1.165, 1.54) is 0 Å². The van der Waals surface area contributed by atoms with Crippen LogP contribution in [-0.2, 0) is 0 Å². The van der Waals surface area contributed by atoms with E-state index >= 15 is 0 Å². The summed E-state index contributed by atoms with van der Waals surface area (Å²) in [5.41, 5.74) is 0.179. The molecule has 1 atom stereocenters. The van der Waals surface area contributed by atoms with Crippen molar-refractivity contribution in [3.63, 3.8) is 0 Å². The minimum absolute atomic E-state index is 0.134. The maximum atomic E-state index is 13.8. The molecule has 4 heteroatoms. The number of benzene rings is 1. The van der Waals surface area contributed by atoms with Crippen molar-refractivity contribution in [3.05, 3.63) is 34.1 Å². The minimum atomic E-state index is -0.455. The van der Waals surface area contributed by atoms with Crippen LogP contribution in [0.1, 0.15) is 36.0 Å². The molecule has 1 aromatic carbocycles. The van der Waals surface area contributed by atoms with Crippen molar-refractivity contribution in [3.8, 4) is 0 Å². The Labute approximate surface area is 109 Å². The molecule has 0 aromatic heterocycles. The minimum Gasteiger partial charge on any atom is -0.307 e. The lowest BCUT2D eigenvalue weighted by Gasteiger charge is -2.15. The fraction of sp³-hybridized carbons (Fsp3) is 0.462. The molecule has 0 bridgehead atoms. The Morgan fingerprint density at radius 1 is 1.35 bits per heavy atom. The maximum Gasteiger partial charge on any atom is 0.182 e. The Kier molecular flexibility index (Phi) is 4.29. The van der Waals surface area contributed by atoms with Crippen LogP contribution in [0.2, 0.25) is 0 Å². The summed E-state index contributed by atoms with van der Waals surface area (Å²) >= 11 is 3.11. The van der Waals surface area contributed by atoms with E-state index in [9.17, 15) is 9.18 Å². The summed E-state index contributed by atoms with van der Waals surface area (Å²) in [6.07, 6.45) is 4.05. The summed E-state index contributed by atoms with van der Waals surface area (Å²) in [6.45, 7) is 0.839. The highest BCUT2D eigenvalue weighted by Gasteiger charge is 2.23. The zero-order valence-corrected chi connectivity index (χ0v) is 11.1. The fourth-order valence-corrected chi connectivity index (χ4v) is 2.50. The van der Waals surface area contributed by atoms with E-state index in [0.717, 1.165) is 32.2 Å². The summed E-state index contributed by atoms with van der Waals surface area (Å²) in [6, 6.07) is 4.61. The molecule has 1 unspecified atom stereocenters. The molecule has 1 fully saturated rings. The topological polar surface area (TPSA) is 29.1 Å². The van der Waals surface area contributed by atoms with E-state index in [-0.39, 0.29) is 17.4 Å². The highest BCUT2D eigenvalue weighted by atomic mass is 79.9. The van der Waals surface area contributed by atoms with Gasteiger partial charge in [0.2, 0.25) is 0 Å². The van der Waals surface area contributed by atoms with Crippen molar-refractivity contribution in [2.75, 3.05) is 6.54 Å². The molecule has 1 aliphatic heterocycles. The molecule has 17 heavy (non-hydrogen) atoms. The Morgan fingerprint density at radius 2 is 2.18 bits per heavy atom. The predicted molar refractivity (Wildman–Crippen MR) is 68.7 cm³/mol. The molecule has 0 saturated carbocycles. The van der Waals surface area contributed by atoms with E-state index < -0.39 is 5.82 Å². The van der Waals surface area contributed by atoms with Crippen LogP contribution in [0, 0.1) is 5.82 Å². The maximum absolute atomic E-state index is 13.8. The Hall–Kier alpha value is -0.740. The van der Waals surface area contributed by atoms with Gasteiger partial charge in [-0.25, -0.2) is 4.39 Å². The van der Waals surface area contributed by atoms with E-state index in [1.54, 1.807) is 18.2 Å². The van der Waals surface area contributed by atoms with Gasteiger partial charge in [0.1, 0.15) is 5.82 Å². The van der Waals surface area contributed by atoms with Crippen LogP contribution in [-0.4, -0.2) is 18.4 Å². The number of hydrogen-bond acceptors (Lipinski definition) is 2. The molecule has 0 spiro atoms. The molecular formula is C13H15BrFNO. The van der Waals surface area contributed by atoms with E-state index in [2.05, 4.69) is 21.2 Å². The highest BCUT2D eigenvalue weighted by Crippen LogP contribution is 2.21. The summed E-state index contributed by atoms with van der Waals surface area (Å²) in [4.78, 5) is 12.2. The van der Waals surface area contributed by atoms with Gasteiger partial charge in [0.25, 0.3) is 0 Å². The van der Waals surface area contributed by atoms with Gasteiger partial charge in [-0.3, -0.25) is 4.79 Å². The van der Waals surface area contributed by atoms with Crippen molar-refractivity contribution in [1.29, 1.82) is 0 Å². The monoisotopic (exact) mass is 299 g/mol. The van der Waals surface area contributed by atoms with Crippen molar-refractivity contribution >= 4 is 21.7 Å². The highest BCUT2D eigenvalue weighted by molar-refractivity contribution is 9.10. The summed E-state index contributed by atoms with van der Waals surface area (Å²) in [7, 11) is 0. The zero-order chi connectivity index (χ0) is 12.3. The summed E-state index contributed by atoms with van der Waals surface area (Å²) < 4.78 is 14.2. The molecule has 1 heterocycles. The molecule has 1 aliphatic rings. The van der Waals surface area contributed by atoms with Crippen molar-refractivity contribution in [2.45, 2.75) is 31.7 Å². The van der Waals surface area contributed by atoms with Gasteiger partial charge >= 0.3 is 0 Å². The average molecular weight is 300 g/mol. The molecule has 1 N–H and O–H groups in total. The SMILES string of the molecule is O=C(c1cccc(Br)c1F)C1CCCCCN1. The number of Topliss-reactive ketones (excluding diaryl/α,β-unsaturated/α-hetero) is 1. The number of ketones is 1. The van der Waals surface area contributed by atoms with Gasteiger partial charge in [-0.15, -0.1) is 0 Å². The molecule has 1 aromatic rings. The Bertz CT molecular complexity index is 414. The molecular weight excluding hydrogens is 285 g/mol. The predicted octanol–water partition coefficient (Wildman–Crippen LogP) is 3.30. The average Bonchev–Trinajstić information content (AvgIpc) is 2.60.